The molecule has 1 rings (SSSR count). The van der Waals surface area contributed by atoms with Gasteiger partial charge in [-0.05, 0) is 31.4 Å². The van der Waals surface area contributed by atoms with Gasteiger partial charge >= 0.3 is 12.0 Å². The number of halogens is 1. The average molecular weight is 343 g/mol. The summed E-state index contributed by atoms with van der Waals surface area (Å²) in [5.41, 5.74) is 1.13. The second kappa shape index (κ2) is 8.58. The summed E-state index contributed by atoms with van der Waals surface area (Å²) >= 11 is 3.47. The maximum atomic E-state index is 11.6. The Morgan fingerprint density at radius 1 is 1.35 bits per heavy atom. The highest BCUT2D eigenvalue weighted by atomic mass is 79.9. The van der Waals surface area contributed by atoms with E-state index in [9.17, 15) is 9.59 Å². The van der Waals surface area contributed by atoms with Crippen molar-refractivity contribution in [3.63, 3.8) is 0 Å². The van der Waals surface area contributed by atoms with Gasteiger partial charge in [-0.3, -0.25) is 4.79 Å². The Bertz CT molecular complexity index is 465. The highest BCUT2D eigenvalue weighted by molar-refractivity contribution is 9.10. The van der Waals surface area contributed by atoms with Crippen LogP contribution < -0.4 is 10.6 Å². The van der Waals surface area contributed by atoms with Gasteiger partial charge in [0.2, 0.25) is 0 Å². The first kappa shape index (κ1) is 16.5. The molecule has 6 heteroatoms. The molecule has 5 nitrogen and oxygen atoms in total. The highest BCUT2D eigenvalue weighted by Crippen LogP contribution is 2.17. The molecule has 1 unspecified atom stereocenters. The van der Waals surface area contributed by atoms with Gasteiger partial charge in [-0.1, -0.05) is 34.1 Å². The maximum Gasteiger partial charge on any atom is 0.315 e. The van der Waals surface area contributed by atoms with Crippen molar-refractivity contribution in [3.05, 3.63) is 34.3 Å². The van der Waals surface area contributed by atoms with Crippen LogP contribution in [0.1, 0.15) is 25.3 Å². The summed E-state index contributed by atoms with van der Waals surface area (Å²) in [6, 6.07) is 7.60. The van der Waals surface area contributed by atoms with Crippen LogP contribution in [0.3, 0.4) is 0 Å². The van der Waals surface area contributed by atoms with Gasteiger partial charge in [-0.25, -0.2) is 4.79 Å². The number of nitrogens with one attached hydrogen (secondary N) is 2. The van der Waals surface area contributed by atoms with Gasteiger partial charge in [0.15, 0.2) is 0 Å². The van der Waals surface area contributed by atoms with E-state index >= 15 is 0 Å². The smallest absolute Gasteiger partial charge is 0.315 e. The van der Waals surface area contributed by atoms with Crippen molar-refractivity contribution in [1.29, 1.82) is 0 Å². The summed E-state index contributed by atoms with van der Waals surface area (Å²) in [6.45, 7) is 2.29. The Morgan fingerprint density at radius 3 is 2.70 bits per heavy atom. The number of rotatable bonds is 7. The van der Waals surface area contributed by atoms with Gasteiger partial charge in [-0.2, -0.15) is 0 Å². The number of carbonyl (C=O) groups is 2. The summed E-state index contributed by atoms with van der Waals surface area (Å²) < 4.78 is 1.02. The molecule has 1 atom stereocenters. The quantitative estimate of drug-likeness (QED) is 0.666. The molecule has 0 radical (unpaired) electrons. The van der Waals surface area contributed by atoms with E-state index in [1.165, 1.54) is 0 Å². The molecule has 0 heterocycles. The van der Waals surface area contributed by atoms with Crippen LogP contribution >= 0.6 is 15.9 Å². The predicted octanol–water partition coefficient (Wildman–Crippen LogP) is 2.54. The van der Waals surface area contributed by atoms with Crippen molar-refractivity contribution < 1.29 is 14.7 Å². The van der Waals surface area contributed by atoms with Crippen LogP contribution in [0.25, 0.3) is 0 Å². The number of urea groups is 1. The van der Waals surface area contributed by atoms with Crippen molar-refractivity contribution in [2.75, 3.05) is 6.54 Å². The fourth-order valence-electron chi connectivity index (χ4n) is 1.76. The third-order valence-corrected chi connectivity index (χ3v) is 3.49. The van der Waals surface area contributed by atoms with Gasteiger partial charge in [-0.15, -0.1) is 0 Å². The third-order valence-electron chi connectivity index (χ3n) is 2.71. The minimum atomic E-state index is -0.852. The summed E-state index contributed by atoms with van der Waals surface area (Å²) in [5, 5.41) is 14.0. The number of amides is 2. The molecule has 1 aromatic rings. The SMILES string of the molecule is CC(Cc1ccccc1Br)NC(=O)NCCCC(=O)O. The van der Waals surface area contributed by atoms with E-state index in [-0.39, 0.29) is 18.5 Å². The van der Waals surface area contributed by atoms with Gasteiger partial charge in [0.25, 0.3) is 0 Å². The van der Waals surface area contributed by atoms with E-state index in [1.807, 2.05) is 31.2 Å². The zero-order valence-electron chi connectivity index (χ0n) is 11.4. The Balaban J connectivity index is 2.28. The zero-order chi connectivity index (χ0) is 15.0. The molecule has 0 aliphatic heterocycles. The molecule has 0 bridgehead atoms. The first-order chi connectivity index (χ1) is 9.49. The topological polar surface area (TPSA) is 78.4 Å². The lowest BCUT2D eigenvalue weighted by Crippen LogP contribution is -2.42. The van der Waals surface area contributed by atoms with Crippen molar-refractivity contribution in [1.82, 2.24) is 10.6 Å². The number of benzene rings is 1. The van der Waals surface area contributed by atoms with E-state index in [0.717, 1.165) is 16.5 Å². The van der Waals surface area contributed by atoms with Gasteiger partial charge < -0.3 is 15.7 Å². The van der Waals surface area contributed by atoms with Crippen LogP contribution in [0.15, 0.2) is 28.7 Å². The lowest BCUT2D eigenvalue weighted by molar-refractivity contribution is -0.137. The van der Waals surface area contributed by atoms with Crippen LogP contribution in [0.4, 0.5) is 4.79 Å². The Hall–Kier alpha value is -1.56. The molecule has 0 saturated heterocycles. The fraction of sp³-hybridized carbons (Fsp3) is 0.429. The molecule has 1 aromatic carbocycles. The Kier molecular flexibility index (Phi) is 7.08. The summed E-state index contributed by atoms with van der Waals surface area (Å²) in [7, 11) is 0. The zero-order valence-corrected chi connectivity index (χ0v) is 12.9. The molecule has 2 amide bonds. The van der Waals surface area contributed by atoms with Crippen LogP contribution in [0, 0.1) is 0 Å². The van der Waals surface area contributed by atoms with Crippen molar-refractivity contribution in [3.8, 4) is 0 Å². The molecule has 0 saturated carbocycles. The van der Waals surface area contributed by atoms with Crippen molar-refractivity contribution >= 4 is 27.9 Å². The fourth-order valence-corrected chi connectivity index (χ4v) is 2.21. The molecule has 0 aliphatic carbocycles. The van der Waals surface area contributed by atoms with Gasteiger partial charge in [0.1, 0.15) is 0 Å². The highest BCUT2D eigenvalue weighted by Gasteiger charge is 2.09. The van der Waals surface area contributed by atoms with E-state index in [4.69, 9.17) is 5.11 Å². The van der Waals surface area contributed by atoms with E-state index in [0.29, 0.717) is 13.0 Å². The van der Waals surface area contributed by atoms with Crippen LogP contribution in [-0.4, -0.2) is 29.7 Å². The Morgan fingerprint density at radius 2 is 2.05 bits per heavy atom. The van der Waals surface area contributed by atoms with Crippen LogP contribution in [-0.2, 0) is 11.2 Å². The normalized spacial score (nSPS) is 11.7. The van der Waals surface area contributed by atoms with Crippen molar-refractivity contribution in [2.24, 2.45) is 0 Å². The molecular formula is C14H19BrN2O3. The second-order valence-corrected chi connectivity index (χ2v) is 5.45. The van der Waals surface area contributed by atoms with Crippen molar-refractivity contribution in [2.45, 2.75) is 32.2 Å². The number of hydrogen-bond donors (Lipinski definition) is 3. The Labute approximate surface area is 126 Å². The lowest BCUT2D eigenvalue weighted by atomic mass is 10.1. The molecule has 0 fully saturated rings. The molecule has 0 aliphatic rings. The number of hydrogen-bond acceptors (Lipinski definition) is 2. The van der Waals surface area contributed by atoms with E-state index < -0.39 is 5.97 Å². The minimum absolute atomic E-state index is 0.00632. The largest absolute Gasteiger partial charge is 0.481 e. The van der Waals surface area contributed by atoms with E-state index in [2.05, 4.69) is 26.6 Å². The van der Waals surface area contributed by atoms with E-state index in [1.54, 1.807) is 0 Å². The monoisotopic (exact) mass is 342 g/mol. The number of carboxylic acid groups (broad SMARTS) is 1. The van der Waals surface area contributed by atoms with Crippen LogP contribution in [0.5, 0.6) is 0 Å². The average Bonchev–Trinajstić information content (AvgIpc) is 2.37. The number of carboxylic acids is 1. The lowest BCUT2D eigenvalue weighted by Gasteiger charge is -2.15. The molecule has 20 heavy (non-hydrogen) atoms. The summed E-state index contributed by atoms with van der Waals surface area (Å²) in [6.07, 6.45) is 1.22. The number of aliphatic carboxylic acids is 1. The molecule has 0 aromatic heterocycles. The van der Waals surface area contributed by atoms with Gasteiger partial charge in [0, 0.05) is 23.5 Å². The molecule has 0 spiro atoms. The first-order valence-corrected chi connectivity index (χ1v) is 7.28. The minimum Gasteiger partial charge on any atom is -0.481 e. The molecule has 110 valence electrons. The standard InChI is InChI=1S/C14H19BrN2O3/c1-10(9-11-5-2-3-6-12(11)15)17-14(20)16-8-4-7-13(18)19/h2-3,5-6,10H,4,7-9H2,1H3,(H,18,19)(H2,16,17,20). The predicted molar refractivity (Wildman–Crippen MR) is 80.7 cm³/mol. The summed E-state index contributed by atoms with van der Waals surface area (Å²) in [4.78, 5) is 21.9. The second-order valence-electron chi connectivity index (χ2n) is 4.59. The number of carbonyl (C=O) groups excluding carboxylic acids is 1. The third kappa shape index (κ3) is 6.56. The van der Waals surface area contributed by atoms with Crippen LogP contribution in [0.2, 0.25) is 0 Å². The molecule has 3 N–H and O–H groups in total. The maximum absolute atomic E-state index is 11.6. The molecular weight excluding hydrogens is 324 g/mol. The van der Waals surface area contributed by atoms with Gasteiger partial charge in [0.05, 0.1) is 0 Å². The summed E-state index contributed by atoms with van der Waals surface area (Å²) in [5.74, 6) is -0.852. The first-order valence-electron chi connectivity index (χ1n) is 6.48.